The normalized spacial score (nSPS) is 44.8. The van der Waals surface area contributed by atoms with Crippen molar-refractivity contribution in [1.29, 1.82) is 0 Å². The van der Waals surface area contributed by atoms with Crippen molar-refractivity contribution in [2.24, 2.45) is 57.2 Å². The summed E-state index contributed by atoms with van der Waals surface area (Å²) in [5.41, 5.74) is 5.85. The first-order valence-electron chi connectivity index (χ1n) is 17.7. The molecule has 2 N–H and O–H groups in total. The van der Waals surface area contributed by atoms with Crippen molar-refractivity contribution in [1.82, 2.24) is 5.32 Å². The summed E-state index contributed by atoms with van der Waals surface area (Å²) in [6.45, 7) is 21.3. The standard InChI is InChI=1S/C40H57NO2/c1-25(2)29-16-21-40(41-24-26-8-9-26)23-22-38(6)31(34(29)40)14-15-33-37(5)19-17-30(27-10-12-28(13-11-27)35(42)43)36(3,4)32(37)18-20-39(33,38)7/h10-13,17,26,29,31-34,41H,1,8-9,14-16,18-24H2,2-7H3,(H,42,43). The molecule has 0 aromatic heterocycles. The second-order valence-electron chi connectivity index (χ2n) is 17.6. The molecule has 0 spiro atoms. The molecule has 234 valence electrons. The number of carboxylic acid groups (broad SMARTS) is 1. The van der Waals surface area contributed by atoms with Crippen LogP contribution in [0.5, 0.6) is 0 Å². The predicted molar refractivity (Wildman–Crippen MR) is 177 cm³/mol. The maximum atomic E-state index is 11.5. The number of carboxylic acids is 1. The quantitative estimate of drug-likeness (QED) is 0.328. The molecule has 6 aliphatic rings. The van der Waals surface area contributed by atoms with E-state index >= 15 is 0 Å². The van der Waals surface area contributed by atoms with Crippen LogP contribution in [0.2, 0.25) is 0 Å². The van der Waals surface area contributed by atoms with E-state index in [1.165, 1.54) is 87.5 Å². The summed E-state index contributed by atoms with van der Waals surface area (Å²) in [6, 6.07) is 7.66. The maximum Gasteiger partial charge on any atom is 0.335 e. The van der Waals surface area contributed by atoms with Crippen LogP contribution in [0.1, 0.15) is 128 Å². The van der Waals surface area contributed by atoms with E-state index < -0.39 is 5.97 Å². The van der Waals surface area contributed by atoms with E-state index in [0.29, 0.717) is 33.8 Å². The van der Waals surface area contributed by atoms with Crippen LogP contribution < -0.4 is 5.32 Å². The van der Waals surface area contributed by atoms with E-state index in [1.54, 1.807) is 12.1 Å². The van der Waals surface area contributed by atoms with Crippen molar-refractivity contribution in [2.75, 3.05) is 6.54 Å². The van der Waals surface area contributed by atoms with Gasteiger partial charge in [-0.2, -0.15) is 0 Å². The Balaban J connectivity index is 1.22. The first-order chi connectivity index (χ1) is 20.3. The smallest absolute Gasteiger partial charge is 0.335 e. The Morgan fingerprint density at radius 2 is 1.60 bits per heavy atom. The van der Waals surface area contributed by atoms with E-state index in [2.05, 4.69) is 59.5 Å². The third-order valence-electron chi connectivity index (χ3n) is 15.5. The largest absolute Gasteiger partial charge is 0.478 e. The predicted octanol–water partition coefficient (Wildman–Crippen LogP) is 9.79. The van der Waals surface area contributed by atoms with E-state index in [-0.39, 0.29) is 10.8 Å². The Morgan fingerprint density at radius 1 is 0.884 bits per heavy atom. The molecule has 3 nitrogen and oxygen atoms in total. The van der Waals surface area contributed by atoms with Gasteiger partial charge in [0.15, 0.2) is 0 Å². The van der Waals surface area contributed by atoms with Gasteiger partial charge >= 0.3 is 5.97 Å². The van der Waals surface area contributed by atoms with Crippen LogP contribution in [0, 0.1) is 57.2 Å². The Kier molecular flexibility index (Phi) is 6.81. The topological polar surface area (TPSA) is 49.3 Å². The van der Waals surface area contributed by atoms with Crippen molar-refractivity contribution in [2.45, 2.75) is 118 Å². The first kappa shape index (κ1) is 29.8. The molecule has 1 aromatic carbocycles. The van der Waals surface area contributed by atoms with E-state index in [1.807, 2.05) is 12.1 Å². The second kappa shape index (κ2) is 9.81. The van der Waals surface area contributed by atoms with Crippen molar-refractivity contribution < 1.29 is 9.90 Å². The Hall–Kier alpha value is -1.87. The average molecular weight is 584 g/mol. The third-order valence-corrected chi connectivity index (χ3v) is 15.5. The summed E-state index contributed by atoms with van der Waals surface area (Å²) in [5, 5.41) is 13.7. The number of fused-ring (bicyclic) bond motifs is 7. The molecule has 6 aliphatic carbocycles. The van der Waals surface area contributed by atoms with Gasteiger partial charge in [0.05, 0.1) is 5.56 Å². The summed E-state index contributed by atoms with van der Waals surface area (Å²) >= 11 is 0. The lowest BCUT2D eigenvalue weighted by Gasteiger charge is -2.72. The molecule has 3 heteroatoms. The molecule has 0 aliphatic heterocycles. The van der Waals surface area contributed by atoms with Crippen molar-refractivity contribution in [3.8, 4) is 0 Å². The van der Waals surface area contributed by atoms with Gasteiger partial charge in [0.1, 0.15) is 0 Å². The average Bonchev–Trinajstić information content (AvgIpc) is 3.70. The minimum atomic E-state index is -0.850. The molecule has 43 heavy (non-hydrogen) atoms. The second-order valence-corrected chi connectivity index (χ2v) is 17.6. The number of nitrogens with one attached hydrogen (secondary N) is 1. The molecular weight excluding hydrogens is 526 g/mol. The lowest BCUT2D eigenvalue weighted by atomic mass is 9.33. The van der Waals surface area contributed by atoms with Gasteiger partial charge in [-0.05, 0) is 165 Å². The molecule has 5 fully saturated rings. The van der Waals surface area contributed by atoms with Gasteiger partial charge in [0, 0.05) is 5.54 Å². The van der Waals surface area contributed by atoms with Gasteiger partial charge < -0.3 is 10.4 Å². The van der Waals surface area contributed by atoms with Crippen LogP contribution >= 0.6 is 0 Å². The van der Waals surface area contributed by atoms with Crippen molar-refractivity contribution in [3.05, 3.63) is 53.6 Å². The van der Waals surface area contributed by atoms with Crippen LogP contribution in [0.25, 0.3) is 5.57 Å². The highest BCUT2D eigenvalue weighted by molar-refractivity contribution is 5.88. The Morgan fingerprint density at radius 3 is 2.26 bits per heavy atom. The molecule has 0 amide bonds. The first-order valence-corrected chi connectivity index (χ1v) is 17.7. The number of carbonyl (C=O) groups is 1. The number of aromatic carboxylic acids is 1. The number of allylic oxidation sites excluding steroid dienone is 3. The highest BCUT2D eigenvalue weighted by atomic mass is 16.4. The highest BCUT2D eigenvalue weighted by Gasteiger charge is 2.70. The van der Waals surface area contributed by atoms with Crippen LogP contribution in [0.3, 0.4) is 0 Å². The fourth-order valence-electron chi connectivity index (χ4n) is 13.0. The minimum Gasteiger partial charge on any atom is -0.478 e. The zero-order valence-corrected chi connectivity index (χ0v) is 27.9. The molecule has 0 heterocycles. The van der Waals surface area contributed by atoms with Crippen LogP contribution in [-0.2, 0) is 0 Å². The fraction of sp³-hybridized carbons (Fsp3) is 0.725. The summed E-state index contributed by atoms with van der Waals surface area (Å²) in [5.74, 6) is 3.66. The van der Waals surface area contributed by atoms with Gasteiger partial charge in [-0.1, -0.05) is 65.0 Å². The summed E-state index contributed by atoms with van der Waals surface area (Å²) in [6.07, 6.45) is 17.4. The molecule has 9 unspecified atom stereocenters. The lowest BCUT2D eigenvalue weighted by molar-refractivity contribution is -0.219. The number of hydrogen-bond donors (Lipinski definition) is 2. The SMILES string of the molecule is C=C(C)C1CCC2(NCC3CC3)CCC3(C)C(CCC4C5(C)CC=C(c6ccc(C(=O)O)cc6)C(C)(C)C5CCC43C)C12. The number of hydrogen-bond acceptors (Lipinski definition) is 2. The Labute approximate surface area is 261 Å². The molecule has 9 atom stereocenters. The van der Waals surface area contributed by atoms with E-state index in [0.717, 1.165) is 30.1 Å². The van der Waals surface area contributed by atoms with Crippen LogP contribution in [-0.4, -0.2) is 23.2 Å². The third kappa shape index (κ3) is 4.18. The molecular formula is C40H57NO2. The molecule has 0 saturated heterocycles. The number of rotatable bonds is 6. The van der Waals surface area contributed by atoms with Crippen molar-refractivity contribution in [3.63, 3.8) is 0 Å². The Bertz CT molecular complexity index is 1340. The number of benzene rings is 1. The molecule has 1 aromatic rings. The zero-order valence-electron chi connectivity index (χ0n) is 27.9. The molecule has 5 saturated carbocycles. The van der Waals surface area contributed by atoms with E-state index in [4.69, 9.17) is 0 Å². The summed E-state index contributed by atoms with van der Waals surface area (Å²) in [7, 11) is 0. The monoisotopic (exact) mass is 583 g/mol. The zero-order chi connectivity index (χ0) is 30.6. The molecule has 7 rings (SSSR count). The van der Waals surface area contributed by atoms with Gasteiger partial charge in [-0.3, -0.25) is 0 Å². The van der Waals surface area contributed by atoms with Gasteiger partial charge in [-0.15, -0.1) is 0 Å². The maximum absolute atomic E-state index is 11.5. The molecule has 0 bridgehead atoms. The highest BCUT2D eigenvalue weighted by Crippen LogP contribution is 2.76. The molecule has 0 radical (unpaired) electrons. The van der Waals surface area contributed by atoms with Gasteiger partial charge in [0.25, 0.3) is 0 Å². The fourth-order valence-corrected chi connectivity index (χ4v) is 13.0. The van der Waals surface area contributed by atoms with Crippen LogP contribution in [0.15, 0.2) is 42.5 Å². The minimum absolute atomic E-state index is 0.0573. The van der Waals surface area contributed by atoms with Gasteiger partial charge in [-0.25, -0.2) is 4.79 Å². The van der Waals surface area contributed by atoms with Crippen LogP contribution in [0.4, 0.5) is 0 Å². The summed E-state index contributed by atoms with van der Waals surface area (Å²) in [4.78, 5) is 11.5. The van der Waals surface area contributed by atoms with Gasteiger partial charge in [0.2, 0.25) is 0 Å². The van der Waals surface area contributed by atoms with Crippen molar-refractivity contribution >= 4 is 11.5 Å². The van der Waals surface area contributed by atoms with E-state index in [9.17, 15) is 9.90 Å². The summed E-state index contributed by atoms with van der Waals surface area (Å²) < 4.78 is 0. The lowest BCUT2D eigenvalue weighted by Crippen LogP contribution is -2.68.